The van der Waals surface area contributed by atoms with Crippen LogP contribution >= 0.6 is 0 Å². The summed E-state index contributed by atoms with van der Waals surface area (Å²) in [6.45, 7) is 3.65. The molecular weight excluding hydrogens is 214 g/mol. The van der Waals surface area contributed by atoms with Gasteiger partial charge in [-0.15, -0.1) is 0 Å². The van der Waals surface area contributed by atoms with Crippen molar-refractivity contribution in [2.75, 3.05) is 13.1 Å². The van der Waals surface area contributed by atoms with Gasteiger partial charge in [-0.25, -0.2) is 4.79 Å². The molecule has 0 aromatic rings. The Morgan fingerprint density at radius 1 is 1.29 bits per heavy atom. The predicted molar refractivity (Wildman–Crippen MR) is 67.9 cm³/mol. The SMILES string of the molecule is CC(=CCN1CCCC1C1CCCC1)C(=O)O. The predicted octanol–water partition coefficient (Wildman–Crippen LogP) is 2.67. The molecule has 1 unspecified atom stereocenters. The van der Waals surface area contributed by atoms with Crippen molar-refractivity contribution in [3.63, 3.8) is 0 Å². The van der Waals surface area contributed by atoms with Gasteiger partial charge in [0.25, 0.3) is 0 Å². The van der Waals surface area contributed by atoms with Crippen LogP contribution in [0.3, 0.4) is 0 Å². The van der Waals surface area contributed by atoms with Crippen LogP contribution in [0.1, 0.15) is 45.4 Å². The average Bonchev–Trinajstić information content (AvgIpc) is 2.95. The standard InChI is InChI=1S/C14H23NO2/c1-11(14(16)17)8-10-15-9-4-7-13(15)12-5-2-3-6-12/h8,12-13H,2-7,9-10H2,1H3,(H,16,17). The van der Waals surface area contributed by atoms with E-state index in [-0.39, 0.29) is 0 Å². The molecule has 1 atom stereocenters. The minimum Gasteiger partial charge on any atom is -0.478 e. The summed E-state index contributed by atoms with van der Waals surface area (Å²) in [7, 11) is 0. The van der Waals surface area contributed by atoms with Gasteiger partial charge in [0.15, 0.2) is 0 Å². The van der Waals surface area contributed by atoms with Crippen LogP contribution in [0.25, 0.3) is 0 Å². The quantitative estimate of drug-likeness (QED) is 0.764. The number of likely N-dealkylation sites (tertiary alicyclic amines) is 1. The number of hydrogen-bond acceptors (Lipinski definition) is 2. The summed E-state index contributed by atoms with van der Waals surface area (Å²) in [6, 6.07) is 0.718. The number of carboxylic acid groups (broad SMARTS) is 1. The van der Waals surface area contributed by atoms with Crippen molar-refractivity contribution < 1.29 is 9.90 Å². The first-order valence-corrected chi connectivity index (χ1v) is 6.82. The highest BCUT2D eigenvalue weighted by molar-refractivity contribution is 5.85. The molecule has 1 aliphatic heterocycles. The number of nitrogens with zero attached hydrogens (tertiary/aromatic N) is 1. The Balaban J connectivity index is 1.90. The lowest BCUT2D eigenvalue weighted by molar-refractivity contribution is -0.132. The summed E-state index contributed by atoms with van der Waals surface area (Å²) < 4.78 is 0. The van der Waals surface area contributed by atoms with Crippen LogP contribution < -0.4 is 0 Å². The Morgan fingerprint density at radius 2 is 2.00 bits per heavy atom. The van der Waals surface area contributed by atoms with Gasteiger partial charge < -0.3 is 5.11 Å². The Labute approximate surface area is 103 Å². The summed E-state index contributed by atoms with van der Waals surface area (Å²) in [5.74, 6) is 0.0812. The molecule has 2 rings (SSSR count). The second-order valence-electron chi connectivity index (χ2n) is 5.44. The van der Waals surface area contributed by atoms with Crippen LogP contribution in [-0.2, 0) is 4.79 Å². The minimum atomic E-state index is -0.790. The smallest absolute Gasteiger partial charge is 0.330 e. The molecule has 2 fully saturated rings. The summed E-state index contributed by atoms with van der Waals surface area (Å²) in [4.78, 5) is 13.2. The molecule has 0 radical (unpaired) electrons. The Hall–Kier alpha value is -0.830. The fraction of sp³-hybridized carbons (Fsp3) is 0.786. The third-order valence-electron chi connectivity index (χ3n) is 4.33. The van der Waals surface area contributed by atoms with E-state index in [9.17, 15) is 4.79 Å². The molecule has 0 bridgehead atoms. The minimum absolute atomic E-state index is 0.474. The van der Waals surface area contributed by atoms with E-state index < -0.39 is 5.97 Å². The summed E-state index contributed by atoms with van der Waals surface area (Å²) in [5, 5.41) is 8.85. The molecule has 96 valence electrons. The van der Waals surface area contributed by atoms with E-state index in [2.05, 4.69) is 4.90 Å². The second kappa shape index (κ2) is 5.67. The zero-order valence-corrected chi connectivity index (χ0v) is 10.7. The Kier molecular flexibility index (Phi) is 4.21. The fourth-order valence-corrected chi connectivity index (χ4v) is 3.30. The average molecular weight is 237 g/mol. The molecule has 1 N–H and O–H groups in total. The van der Waals surface area contributed by atoms with Crippen LogP contribution in [0, 0.1) is 5.92 Å². The number of rotatable bonds is 4. The molecule has 2 aliphatic rings. The first-order valence-electron chi connectivity index (χ1n) is 6.82. The zero-order valence-electron chi connectivity index (χ0n) is 10.7. The molecule has 17 heavy (non-hydrogen) atoms. The van der Waals surface area contributed by atoms with Gasteiger partial charge in [-0.05, 0) is 45.1 Å². The van der Waals surface area contributed by atoms with E-state index in [0.717, 1.165) is 25.0 Å². The summed E-state index contributed by atoms with van der Waals surface area (Å²) in [5.41, 5.74) is 0.474. The van der Waals surface area contributed by atoms with Gasteiger partial charge in [0.1, 0.15) is 0 Å². The van der Waals surface area contributed by atoms with Crippen LogP contribution in [-0.4, -0.2) is 35.1 Å². The summed E-state index contributed by atoms with van der Waals surface area (Å²) in [6.07, 6.45) is 9.99. The van der Waals surface area contributed by atoms with Gasteiger partial charge in [-0.3, -0.25) is 4.90 Å². The lowest BCUT2D eigenvalue weighted by Crippen LogP contribution is -2.34. The highest BCUT2D eigenvalue weighted by Crippen LogP contribution is 2.35. The maximum Gasteiger partial charge on any atom is 0.330 e. The molecule has 0 aromatic heterocycles. The van der Waals surface area contributed by atoms with Gasteiger partial charge in [-0.1, -0.05) is 18.9 Å². The number of carboxylic acids is 1. The van der Waals surface area contributed by atoms with Crippen molar-refractivity contribution in [1.29, 1.82) is 0 Å². The normalized spacial score (nSPS) is 27.8. The first-order chi connectivity index (χ1) is 8.18. The number of aliphatic carboxylic acids is 1. The van der Waals surface area contributed by atoms with Gasteiger partial charge in [0, 0.05) is 18.2 Å². The van der Waals surface area contributed by atoms with E-state index in [1.807, 2.05) is 6.08 Å². The van der Waals surface area contributed by atoms with Crippen molar-refractivity contribution >= 4 is 5.97 Å². The van der Waals surface area contributed by atoms with Crippen LogP contribution in [0.5, 0.6) is 0 Å². The molecule has 1 saturated carbocycles. The lowest BCUT2D eigenvalue weighted by Gasteiger charge is -2.28. The van der Waals surface area contributed by atoms with Crippen molar-refractivity contribution in [3.05, 3.63) is 11.6 Å². The zero-order chi connectivity index (χ0) is 12.3. The van der Waals surface area contributed by atoms with Crippen molar-refractivity contribution in [2.45, 2.75) is 51.5 Å². The highest BCUT2D eigenvalue weighted by atomic mass is 16.4. The third-order valence-corrected chi connectivity index (χ3v) is 4.33. The molecule has 1 saturated heterocycles. The van der Waals surface area contributed by atoms with Crippen LogP contribution in [0.4, 0.5) is 0 Å². The van der Waals surface area contributed by atoms with E-state index in [0.29, 0.717) is 5.57 Å². The number of carbonyl (C=O) groups is 1. The van der Waals surface area contributed by atoms with Crippen molar-refractivity contribution in [1.82, 2.24) is 4.90 Å². The van der Waals surface area contributed by atoms with E-state index in [4.69, 9.17) is 5.11 Å². The van der Waals surface area contributed by atoms with E-state index >= 15 is 0 Å². The summed E-state index contributed by atoms with van der Waals surface area (Å²) >= 11 is 0. The monoisotopic (exact) mass is 237 g/mol. The Bertz CT molecular complexity index is 305. The van der Waals surface area contributed by atoms with Gasteiger partial charge in [-0.2, -0.15) is 0 Å². The van der Waals surface area contributed by atoms with Crippen molar-refractivity contribution in [2.24, 2.45) is 5.92 Å². The molecule has 1 aliphatic carbocycles. The molecule has 3 heteroatoms. The topological polar surface area (TPSA) is 40.5 Å². The van der Waals surface area contributed by atoms with Crippen molar-refractivity contribution in [3.8, 4) is 0 Å². The lowest BCUT2D eigenvalue weighted by atomic mass is 9.96. The van der Waals surface area contributed by atoms with Gasteiger partial charge in [0.05, 0.1) is 0 Å². The molecule has 0 amide bonds. The second-order valence-corrected chi connectivity index (χ2v) is 5.44. The van der Waals surface area contributed by atoms with E-state index in [1.54, 1.807) is 6.92 Å². The van der Waals surface area contributed by atoms with Crippen LogP contribution in [0.15, 0.2) is 11.6 Å². The van der Waals surface area contributed by atoms with Gasteiger partial charge in [0.2, 0.25) is 0 Å². The largest absolute Gasteiger partial charge is 0.478 e. The Morgan fingerprint density at radius 3 is 2.65 bits per heavy atom. The molecular formula is C14H23NO2. The van der Waals surface area contributed by atoms with E-state index in [1.165, 1.54) is 38.5 Å². The van der Waals surface area contributed by atoms with Crippen LogP contribution in [0.2, 0.25) is 0 Å². The first kappa shape index (κ1) is 12.6. The fourth-order valence-electron chi connectivity index (χ4n) is 3.30. The maximum atomic E-state index is 10.8. The molecule has 3 nitrogen and oxygen atoms in total. The molecule has 0 spiro atoms. The maximum absolute atomic E-state index is 10.8. The number of hydrogen-bond donors (Lipinski definition) is 1. The molecule has 1 heterocycles. The van der Waals surface area contributed by atoms with Gasteiger partial charge >= 0.3 is 5.97 Å². The third kappa shape index (κ3) is 3.09. The molecule has 0 aromatic carbocycles. The highest BCUT2D eigenvalue weighted by Gasteiger charge is 2.32.